The lowest BCUT2D eigenvalue weighted by atomic mass is 9.91. The Hall–Kier alpha value is -3.22. The lowest BCUT2D eigenvalue weighted by Gasteiger charge is -2.31. The van der Waals surface area contributed by atoms with Crippen LogP contribution in [0.1, 0.15) is 37.5 Å². The molecule has 184 valence electrons. The molecule has 13 heteroatoms. The molecule has 0 unspecified atom stereocenters. The van der Waals surface area contributed by atoms with Crippen LogP contribution in [0.5, 0.6) is 11.5 Å². The highest BCUT2D eigenvalue weighted by Gasteiger charge is 2.25. The van der Waals surface area contributed by atoms with E-state index in [4.69, 9.17) is 0 Å². The minimum atomic E-state index is -3.09. The van der Waals surface area contributed by atoms with E-state index in [1.165, 1.54) is 10.7 Å². The largest absolute Gasteiger partial charge is 0.435 e. The van der Waals surface area contributed by atoms with E-state index in [1.54, 1.807) is 17.1 Å². The second kappa shape index (κ2) is 10.4. The average molecular weight is 483 g/mol. The van der Waals surface area contributed by atoms with Crippen molar-refractivity contribution >= 4 is 0 Å². The highest BCUT2D eigenvalue weighted by molar-refractivity contribution is 5.68. The van der Waals surface area contributed by atoms with E-state index in [-0.39, 0.29) is 35.3 Å². The van der Waals surface area contributed by atoms with Gasteiger partial charge in [0.1, 0.15) is 18.0 Å². The van der Waals surface area contributed by atoms with Gasteiger partial charge in [-0.15, -0.1) is 10.2 Å². The van der Waals surface area contributed by atoms with Crippen molar-refractivity contribution in [3.05, 3.63) is 36.3 Å². The molecule has 0 aliphatic heterocycles. The Labute approximate surface area is 193 Å². The van der Waals surface area contributed by atoms with Crippen LogP contribution >= 0.6 is 0 Å². The summed E-state index contributed by atoms with van der Waals surface area (Å²) >= 11 is 0. The number of ether oxygens (including phenoxy) is 2. The van der Waals surface area contributed by atoms with E-state index < -0.39 is 13.2 Å². The Morgan fingerprint density at radius 3 is 2.41 bits per heavy atom. The lowest BCUT2D eigenvalue weighted by molar-refractivity contribution is -0.0526. The molecule has 0 bridgehead atoms. The molecule has 1 saturated carbocycles. The number of nitrogens with zero attached hydrogens (tertiary/aromatic N) is 7. The molecule has 9 nitrogen and oxygen atoms in total. The summed E-state index contributed by atoms with van der Waals surface area (Å²) < 4.78 is 61.2. The molecule has 1 aliphatic rings. The normalized spacial score (nSPS) is 18.7. The fraction of sp³-hybridized carbons (Fsp3) is 0.524. The molecule has 0 saturated heterocycles. The van der Waals surface area contributed by atoms with Gasteiger partial charge in [-0.25, -0.2) is 0 Å². The molecule has 34 heavy (non-hydrogen) atoms. The molecule has 0 atom stereocenters. The third-order valence-electron chi connectivity index (χ3n) is 5.81. The molecular formula is C21H25F4N7O2. The molecule has 1 aromatic carbocycles. The van der Waals surface area contributed by atoms with Gasteiger partial charge < -0.3 is 14.4 Å². The van der Waals surface area contributed by atoms with Crippen LogP contribution in [0, 0.1) is 0 Å². The van der Waals surface area contributed by atoms with E-state index in [2.05, 4.69) is 49.0 Å². The molecule has 2 heterocycles. The van der Waals surface area contributed by atoms with Crippen molar-refractivity contribution in [2.75, 3.05) is 14.1 Å². The van der Waals surface area contributed by atoms with Crippen LogP contribution in [0.15, 0.2) is 30.5 Å². The van der Waals surface area contributed by atoms with E-state index in [9.17, 15) is 17.6 Å². The molecule has 0 amide bonds. The Morgan fingerprint density at radius 1 is 1.00 bits per heavy atom. The number of tetrazole rings is 1. The van der Waals surface area contributed by atoms with Crippen molar-refractivity contribution < 1.29 is 27.0 Å². The maximum absolute atomic E-state index is 12.8. The first-order valence-corrected chi connectivity index (χ1v) is 10.8. The molecule has 0 spiro atoms. The lowest BCUT2D eigenvalue weighted by Crippen LogP contribution is -2.33. The third-order valence-corrected chi connectivity index (χ3v) is 5.81. The second-order valence-electron chi connectivity index (χ2n) is 8.27. The molecule has 0 N–H and O–H groups in total. The van der Waals surface area contributed by atoms with Crippen LogP contribution in [-0.4, -0.2) is 68.2 Å². The first-order valence-electron chi connectivity index (χ1n) is 10.8. The highest BCUT2D eigenvalue weighted by atomic mass is 19.3. The first-order chi connectivity index (χ1) is 16.3. The summed E-state index contributed by atoms with van der Waals surface area (Å²) in [7, 11) is 4.17. The molecule has 2 aromatic heterocycles. The Morgan fingerprint density at radius 2 is 1.74 bits per heavy atom. The van der Waals surface area contributed by atoms with Gasteiger partial charge in [-0.3, -0.25) is 4.68 Å². The maximum Gasteiger partial charge on any atom is 0.387 e. The summed E-state index contributed by atoms with van der Waals surface area (Å²) in [5.41, 5.74) is 0.330. The maximum atomic E-state index is 12.8. The number of halogens is 4. The quantitative estimate of drug-likeness (QED) is 0.428. The zero-order valence-electron chi connectivity index (χ0n) is 18.7. The van der Waals surface area contributed by atoms with Crippen molar-refractivity contribution in [3.8, 4) is 22.8 Å². The van der Waals surface area contributed by atoms with E-state index >= 15 is 0 Å². The topological polar surface area (TPSA) is 83.1 Å². The summed E-state index contributed by atoms with van der Waals surface area (Å²) in [4.78, 5) is 3.88. The van der Waals surface area contributed by atoms with Gasteiger partial charge >= 0.3 is 13.2 Å². The van der Waals surface area contributed by atoms with Gasteiger partial charge in [0.2, 0.25) is 0 Å². The summed E-state index contributed by atoms with van der Waals surface area (Å²) in [6.07, 6.45) is 5.66. The number of hydrogen-bond acceptors (Lipinski definition) is 7. The number of alkyl halides is 4. The zero-order valence-corrected chi connectivity index (χ0v) is 18.7. The Kier molecular flexibility index (Phi) is 7.29. The fourth-order valence-electron chi connectivity index (χ4n) is 4.10. The van der Waals surface area contributed by atoms with Gasteiger partial charge in [-0.2, -0.15) is 27.5 Å². The van der Waals surface area contributed by atoms with Crippen molar-refractivity contribution in [2.24, 2.45) is 0 Å². The summed E-state index contributed by atoms with van der Waals surface area (Å²) in [5, 5.41) is 17.1. The van der Waals surface area contributed by atoms with Gasteiger partial charge in [-0.05, 0) is 69.3 Å². The predicted octanol–water partition coefficient (Wildman–Crippen LogP) is 3.83. The monoisotopic (exact) mass is 483 g/mol. The van der Waals surface area contributed by atoms with Crippen molar-refractivity contribution in [1.82, 2.24) is 34.9 Å². The van der Waals surface area contributed by atoms with Crippen molar-refractivity contribution in [3.63, 3.8) is 0 Å². The molecule has 1 aliphatic carbocycles. The Balaban J connectivity index is 1.47. The standard InChI is InChI=1S/C21H25F4N7O2/c1-30(2)13-3-5-14(6-4-13)32-28-19(26-29-32)12-31-10-9-17(27-31)16-11-15(33-20(22)23)7-8-18(16)34-21(24)25/h7-11,13-14,20-21H,3-6,12H2,1-2H3. The molecule has 0 radical (unpaired) electrons. The van der Waals surface area contributed by atoms with Crippen LogP contribution in [0.3, 0.4) is 0 Å². The Bertz CT molecular complexity index is 1080. The van der Waals surface area contributed by atoms with Gasteiger partial charge in [-0.1, -0.05) is 0 Å². The number of hydrogen-bond donors (Lipinski definition) is 0. The van der Waals surface area contributed by atoms with E-state index in [0.29, 0.717) is 11.9 Å². The number of benzene rings is 1. The van der Waals surface area contributed by atoms with Gasteiger partial charge in [0.25, 0.3) is 0 Å². The minimum absolute atomic E-state index is 0.0893. The van der Waals surface area contributed by atoms with Gasteiger partial charge in [0.05, 0.1) is 11.7 Å². The zero-order chi connectivity index (χ0) is 24.2. The summed E-state index contributed by atoms with van der Waals surface area (Å²) in [6.45, 7) is -5.95. The SMILES string of the molecule is CN(C)C1CCC(n2nnc(Cn3ccc(-c4cc(OC(F)F)ccc4OC(F)F)n3)n2)CC1. The van der Waals surface area contributed by atoms with Gasteiger partial charge in [0, 0.05) is 17.8 Å². The van der Waals surface area contributed by atoms with Crippen LogP contribution in [0.2, 0.25) is 0 Å². The molecular weight excluding hydrogens is 458 g/mol. The smallest absolute Gasteiger partial charge is 0.387 e. The van der Waals surface area contributed by atoms with Crippen LogP contribution in [0.4, 0.5) is 17.6 Å². The summed E-state index contributed by atoms with van der Waals surface area (Å²) in [6, 6.07) is 5.74. The van der Waals surface area contributed by atoms with E-state index in [0.717, 1.165) is 37.8 Å². The predicted molar refractivity (Wildman–Crippen MR) is 113 cm³/mol. The van der Waals surface area contributed by atoms with Crippen LogP contribution < -0.4 is 9.47 Å². The van der Waals surface area contributed by atoms with Crippen LogP contribution in [0.25, 0.3) is 11.3 Å². The summed E-state index contributed by atoms with van der Waals surface area (Å²) in [5.74, 6) is 0.0391. The number of aromatic nitrogens is 6. The first kappa shape index (κ1) is 23.9. The second-order valence-corrected chi connectivity index (χ2v) is 8.27. The molecule has 1 fully saturated rings. The molecule has 3 aromatic rings. The van der Waals surface area contributed by atoms with Gasteiger partial charge in [0.15, 0.2) is 5.82 Å². The molecule has 4 rings (SSSR count). The van der Waals surface area contributed by atoms with E-state index in [1.807, 2.05) is 0 Å². The average Bonchev–Trinajstić information content (AvgIpc) is 3.44. The van der Waals surface area contributed by atoms with Crippen LogP contribution in [-0.2, 0) is 6.54 Å². The van der Waals surface area contributed by atoms with Crippen molar-refractivity contribution in [1.29, 1.82) is 0 Å². The highest BCUT2D eigenvalue weighted by Crippen LogP contribution is 2.34. The number of rotatable bonds is 9. The fourth-order valence-corrected chi connectivity index (χ4v) is 4.10. The van der Waals surface area contributed by atoms with Crippen molar-refractivity contribution in [2.45, 2.75) is 57.5 Å². The minimum Gasteiger partial charge on any atom is -0.435 e. The third kappa shape index (κ3) is 5.82.